The molecule has 0 spiro atoms. The molecular formula is C21H27N3O4. The average molecular weight is 385 g/mol. The molecule has 1 aliphatic rings. The highest BCUT2D eigenvalue weighted by Gasteiger charge is 2.31. The van der Waals surface area contributed by atoms with Crippen LogP contribution < -0.4 is 5.32 Å². The molecule has 3 N–H and O–H groups in total. The Kier molecular flexibility index (Phi) is 7.11. The molecule has 2 amide bonds. The maximum atomic E-state index is 12.8. The van der Waals surface area contributed by atoms with E-state index < -0.39 is 0 Å². The van der Waals surface area contributed by atoms with Crippen molar-refractivity contribution in [1.29, 1.82) is 0 Å². The molecule has 1 aliphatic heterocycles. The summed E-state index contributed by atoms with van der Waals surface area (Å²) in [6, 6.07) is 11.1. The van der Waals surface area contributed by atoms with Crippen LogP contribution in [0, 0.1) is 0 Å². The van der Waals surface area contributed by atoms with E-state index in [2.05, 4.69) is 5.32 Å². The zero-order valence-corrected chi connectivity index (χ0v) is 15.9. The molecular weight excluding hydrogens is 358 g/mol. The van der Waals surface area contributed by atoms with Gasteiger partial charge in [-0.1, -0.05) is 24.3 Å². The van der Waals surface area contributed by atoms with Crippen molar-refractivity contribution in [2.45, 2.75) is 6.42 Å². The van der Waals surface area contributed by atoms with Gasteiger partial charge in [-0.25, -0.2) is 0 Å². The Bertz CT molecular complexity index is 783. The average Bonchev–Trinajstić information content (AvgIpc) is 2.71. The Morgan fingerprint density at radius 3 is 2.04 bits per heavy atom. The van der Waals surface area contributed by atoms with Crippen LogP contribution in [0.3, 0.4) is 0 Å². The second-order valence-corrected chi connectivity index (χ2v) is 6.86. The van der Waals surface area contributed by atoms with E-state index >= 15 is 0 Å². The molecule has 0 bridgehead atoms. The van der Waals surface area contributed by atoms with Crippen LogP contribution in [0.1, 0.15) is 27.1 Å². The van der Waals surface area contributed by atoms with Crippen molar-refractivity contribution in [3.05, 3.63) is 47.5 Å². The molecule has 150 valence electrons. The van der Waals surface area contributed by atoms with Gasteiger partial charge >= 0.3 is 0 Å². The van der Waals surface area contributed by atoms with Crippen LogP contribution in [0.5, 0.6) is 0 Å². The minimum absolute atomic E-state index is 0.0629. The molecule has 0 unspecified atom stereocenters. The number of imide groups is 1. The number of nitrogens with one attached hydrogen (secondary N) is 1. The second kappa shape index (κ2) is 9.75. The number of hydrogen-bond donors (Lipinski definition) is 3. The van der Waals surface area contributed by atoms with Gasteiger partial charge in [0.25, 0.3) is 11.8 Å². The first-order valence-electron chi connectivity index (χ1n) is 9.70. The summed E-state index contributed by atoms with van der Waals surface area (Å²) < 4.78 is 0. The van der Waals surface area contributed by atoms with Crippen LogP contribution in [0.4, 0.5) is 0 Å². The van der Waals surface area contributed by atoms with Gasteiger partial charge in [0.05, 0.1) is 13.2 Å². The third-order valence-electron chi connectivity index (χ3n) is 5.03. The Labute approximate surface area is 164 Å². The van der Waals surface area contributed by atoms with Gasteiger partial charge in [-0.2, -0.15) is 0 Å². The Morgan fingerprint density at radius 1 is 0.857 bits per heavy atom. The maximum absolute atomic E-state index is 12.8. The monoisotopic (exact) mass is 385 g/mol. The number of rotatable bonds is 11. The van der Waals surface area contributed by atoms with Gasteiger partial charge in [0, 0.05) is 49.2 Å². The minimum Gasteiger partial charge on any atom is -0.395 e. The summed E-state index contributed by atoms with van der Waals surface area (Å²) in [5.74, 6) is -0.460. The number of benzene rings is 2. The van der Waals surface area contributed by atoms with Crippen LogP contribution >= 0.6 is 0 Å². The lowest BCUT2D eigenvalue weighted by molar-refractivity contribution is 0.0609. The van der Waals surface area contributed by atoms with Crippen molar-refractivity contribution in [2.75, 3.05) is 52.5 Å². The topological polar surface area (TPSA) is 93.1 Å². The van der Waals surface area contributed by atoms with E-state index in [0.717, 1.165) is 17.3 Å². The highest BCUT2D eigenvalue weighted by atomic mass is 16.3. The smallest absolute Gasteiger partial charge is 0.261 e. The summed E-state index contributed by atoms with van der Waals surface area (Å²) in [6.45, 7) is 3.66. The molecule has 2 aromatic carbocycles. The molecule has 7 heteroatoms. The summed E-state index contributed by atoms with van der Waals surface area (Å²) in [5.41, 5.74) is 1.17. The fraction of sp³-hybridized carbons (Fsp3) is 0.429. The molecule has 0 fully saturated rings. The number of amides is 2. The first-order chi connectivity index (χ1) is 13.7. The van der Waals surface area contributed by atoms with E-state index in [0.29, 0.717) is 50.3 Å². The van der Waals surface area contributed by atoms with Gasteiger partial charge in [0.2, 0.25) is 0 Å². The van der Waals surface area contributed by atoms with E-state index in [1.807, 2.05) is 29.2 Å². The van der Waals surface area contributed by atoms with E-state index in [4.69, 9.17) is 10.2 Å². The number of hydrogen-bond acceptors (Lipinski definition) is 6. The summed E-state index contributed by atoms with van der Waals surface area (Å²) in [5, 5.41) is 23.0. The first kappa shape index (κ1) is 20.4. The predicted octanol–water partition coefficient (Wildman–Crippen LogP) is 0.702. The van der Waals surface area contributed by atoms with Gasteiger partial charge in [-0.05, 0) is 30.5 Å². The highest BCUT2D eigenvalue weighted by molar-refractivity contribution is 6.25. The summed E-state index contributed by atoms with van der Waals surface area (Å²) in [4.78, 5) is 28.9. The molecule has 0 atom stereocenters. The fourth-order valence-corrected chi connectivity index (χ4v) is 3.63. The van der Waals surface area contributed by atoms with Crippen molar-refractivity contribution in [1.82, 2.24) is 15.1 Å². The number of nitrogens with zero attached hydrogens (tertiary/aromatic N) is 2. The Hall–Kier alpha value is -2.32. The molecule has 2 aromatic rings. The molecule has 0 aromatic heterocycles. The fourth-order valence-electron chi connectivity index (χ4n) is 3.63. The van der Waals surface area contributed by atoms with Crippen LogP contribution in [0.15, 0.2) is 36.4 Å². The molecule has 7 nitrogen and oxygen atoms in total. The van der Waals surface area contributed by atoms with Gasteiger partial charge in [0.15, 0.2) is 0 Å². The van der Waals surface area contributed by atoms with Crippen LogP contribution in [0.2, 0.25) is 0 Å². The normalized spacial score (nSPS) is 13.8. The molecule has 3 rings (SSSR count). The van der Waals surface area contributed by atoms with E-state index in [1.54, 1.807) is 12.1 Å². The molecule has 0 saturated heterocycles. The summed E-state index contributed by atoms with van der Waals surface area (Å²) in [7, 11) is 0. The highest BCUT2D eigenvalue weighted by Crippen LogP contribution is 2.29. The lowest BCUT2D eigenvalue weighted by atomic mass is 9.94. The maximum Gasteiger partial charge on any atom is 0.261 e. The largest absolute Gasteiger partial charge is 0.395 e. The Balaban J connectivity index is 1.52. The number of aliphatic hydroxyl groups excluding tert-OH is 2. The van der Waals surface area contributed by atoms with Crippen molar-refractivity contribution >= 4 is 22.6 Å². The molecule has 0 aliphatic carbocycles. The molecule has 28 heavy (non-hydrogen) atoms. The summed E-state index contributed by atoms with van der Waals surface area (Å²) >= 11 is 0. The van der Waals surface area contributed by atoms with Crippen molar-refractivity contribution < 1.29 is 19.8 Å². The first-order valence-corrected chi connectivity index (χ1v) is 9.70. The molecule has 1 heterocycles. The van der Waals surface area contributed by atoms with Gasteiger partial charge in [0.1, 0.15) is 0 Å². The predicted molar refractivity (Wildman–Crippen MR) is 107 cm³/mol. The lowest BCUT2D eigenvalue weighted by Crippen LogP contribution is -2.42. The number of aliphatic hydroxyl groups is 2. The van der Waals surface area contributed by atoms with E-state index in [-0.39, 0.29) is 25.0 Å². The quantitative estimate of drug-likeness (QED) is 0.390. The van der Waals surface area contributed by atoms with Crippen LogP contribution in [-0.4, -0.2) is 84.3 Å². The molecule has 0 saturated carbocycles. The second-order valence-electron chi connectivity index (χ2n) is 6.86. The van der Waals surface area contributed by atoms with Crippen LogP contribution in [-0.2, 0) is 0 Å². The van der Waals surface area contributed by atoms with Gasteiger partial charge in [-0.15, -0.1) is 0 Å². The standard InChI is InChI=1S/C21H27N3O4/c25-14-12-23(13-15-26)11-9-22-8-3-10-24-20(27)17-6-1-4-16-5-2-7-18(19(16)17)21(24)28/h1-2,4-7,22,25-26H,3,8-15H2. The van der Waals surface area contributed by atoms with Gasteiger partial charge in [-0.3, -0.25) is 19.4 Å². The Morgan fingerprint density at radius 2 is 1.46 bits per heavy atom. The zero-order chi connectivity index (χ0) is 19.9. The third kappa shape index (κ3) is 4.39. The number of carbonyl (C=O) groups is 2. The van der Waals surface area contributed by atoms with Crippen LogP contribution in [0.25, 0.3) is 10.8 Å². The number of carbonyl (C=O) groups excluding carboxylic acids is 2. The molecule has 0 radical (unpaired) electrons. The minimum atomic E-state index is -0.230. The SMILES string of the molecule is O=C1c2cccc3cccc(c23)C(=O)N1CCCNCCN(CCO)CCO. The zero-order valence-electron chi connectivity index (χ0n) is 15.9. The van der Waals surface area contributed by atoms with E-state index in [1.165, 1.54) is 4.90 Å². The van der Waals surface area contributed by atoms with Crippen molar-refractivity contribution in [3.8, 4) is 0 Å². The third-order valence-corrected chi connectivity index (χ3v) is 5.03. The van der Waals surface area contributed by atoms with Gasteiger partial charge < -0.3 is 15.5 Å². The van der Waals surface area contributed by atoms with Crippen molar-refractivity contribution in [2.24, 2.45) is 0 Å². The van der Waals surface area contributed by atoms with E-state index in [9.17, 15) is 9.59 Å². The lowest BCUT2D eigenvalue weighted by Gasteiger charge is -2.27. The summed E-state index contributed by atoms with van der Waals surface area (Å²) in [6.07, 6.45) is 0.662. The van der Waals surface area contributed by atoms with Crippen molar-refractivity contribution in [3.63, 3.8) is 0 Å².